The van der Waals surface area contributed by atoms with Crippen molar-refractivity contribution in [3.63, 3.8) is 0 Å². The number of hydrogen-bond donors (Lipinski definition) is 2. The van der Waals surface area contributed by atoms with Gasteiger partial charge in [0, 0.05) is 11.4 Å². The number of hydrogen-bond acceptors (Lipinski definition) is 2. The number of aryl methyl sites for hydroxylation is 1. The molecule has 2 rings (SSSR count). The normalized spacial score (nSPS) is 10.3. The monoisotopic (exact) mass is 354 g/mol. The fourth-order valence-electron chi connectivity index (χ4n) is 1.75. The number of amides is 1. The van der Waals surface area contributed by atoms with Crippen LogP contribution in [0.1, 0.15) is 5.56 Å². The second-order valence-corrected chi connectivity index (χ2v) is 5.34. The molecule has 6 heteroatoms. The third-order valence-electron chi connectivity index (χ3n) is 2.83. The van der Waals surface area contributed by atoms with Crippen LogP contribution in [0.25, 0.3) is 0 Å². The first-order chi connectivity index (χ1) is 9.95. The lowest BCUT2D eigenvalue weighted by Gasteiger charge is -2.11. The van der Waals surface area contributed by atoms with Crippen LogP contribution < -0.4 is 10.6 Å². The molecular formula is C15H13BrF2N2O. The number of nitrogens with one attached hydrogen (secondary N) is 2. The van der Waals surface area contributed by atoms with E-state index in [1.807, 2.05) is 6.92 Å². The van der Waals surface area contributed by atoms with E-state index in [-0.39, 0.29) is 18.3 Å². The lowest BCUT2D eigenvalue weighted by molar-refractivity contribution is -0.114. The fraction of sp³-hybridized carbons (Fsp3) is 0.133. The molecule has 0 fully saturated rings. The van der Waals surface area contributed by atoms with Gasteiger partial charge in [-0.1, -0.05) is 0 Å². The highest BCUT2D eigenvalue weighted by molar-refractivity contribution is 9.10. The summed E-state index contributed by atoms with van der Waals surface area (Å²) in [5, 5.41) is 5.48. The summed E-state index contributed by atoms with van der Waals surface area (Å²) in [4.78, 5) is 11.8. The van der Waals surface area contributed by atoms with E-state index in [0.29, 0.717) is 15.8 Å². The summed E-state index contributed by atoms with van der Waals surface area (Å²) in [5.74, 6) is -1.07. The van der Waals surface area contributed by atoms with Gasteiger partial charge >= 0.3 is 0 Å². The van der Waals surface area contributed by atoms with Crippen LogP contribution in [-0.2, 0) is 4.79 Å². The van der Waals surface area contributed by atoms with Crippen molar-refractivity contribution in [3.05, 3.63) is 58.1 Å². The Hall–Kier alpha value is -1.95. The maximum atomic E-state index is 13.4. The molecule has 0 unspecified atom stereocenters. The van der Waals surface area contributed by atoms with Crippen LogP contribution in [0.2, 0.25) is 0 Å². The Balaban J connectivity index is 1.95. The van der Waals surface area contributed by atoms with Crippen molar-refractivity contribution >= 4 is 33.2 Å². The molecule has 21 heavy (non-hydrogen) atoms. The molecule has 0 aliphatic rings. The van der Waals surface area contributed by atoms with Crippen LogP contribution in [0.4, 0.5) is 20.2 Å². The summed E-state index contributed by atoms with van der Waals surface area (Å²) in [6.45, 7) is 1.80. The van der Waals surface area contributed by atoms with Gasteiger partial charge in [0.2, 0.25) is 5.91 Å². The van der Waals surface area contributed by atoms with Crippen molar-refractivity contribution < 1.29 is 13.6 Å². The first-order valence-corrected chi connectivity index (χ1v) is 7.00. The first kappa shape index (κ1) is 15.4. The van der Waals surface area contributed by atoms with E-state index in [9.17, 15) is 13.6 Å². The number of halogens is 3. The number of carbonyl (C=O) groups excluding carboxylic acids is 1. The fourth-order valence-corrected chi connectivity index (χ4v) is 2.21. The molecule has 2 N–H and O–H groups in total. The van der Waals surface area contributed by atoms with Crippen LogP contribution in [0.15, 0.2) is 40.9 Å². The van der Waals surface area contributed by atoms with Gasteiger partial charge in [0.15, 0.2) is 0 Å². The van der Waals surface area contributed by atoms with Crippen molar-refractivity contribution in [1.29, 1.82) is 0 Å². The largest absolute Gasteiger partial charge is 0.376 e. The third-order valence-corrected chi connectivity index (χ3v) is 3.44. The predicted molar refractivity (Wildman–Crippen MR) is 82.4 cm³/mol. The SMILES string of the molecule is Cc1cc(Br)c(F)cc1NCC(=O)Nc1ccc(F)cc1. The summed E-state index contributed by atoms with van der Waals surface area (Å²) in [6.07, 6.45) is 0. The van der Waals surface area contributed by atoms with Crippen molar-refractivity contribution in [2.75, 3.05) is 17.2 Å². The second kappa shape index (κ2) is 6.67. The van der Waals surface area contributed by atoms with Crippen LogP contribution >= 0.6 is 15.9 Å². The molecule has 0 atom stereocenters. The number of anilines is 2. The molecule has 0 aromatic heterocycles. The van der Waals surface area contributed by atoms with Gasteiger partial charge in [-0.15, -0.1) is 0 Å². The van der Waals surface area contributed by atoms with E-state index in [0.717, 1.165) is 5.56 Å². The van der Waals surface area contributed by atoms with Gasteiger partial charge in [0.05, 0.1) is 11.0 Å². The van der Waals surface area contributed by atoms with Crippen LogP contribution in [-0.4, -0.2) is 12.5 Å². The Kier molecular flexibility index (Phi) is 4.90. The number of benzene rings is 2. The van der Waals surface area contributed by atoms with E-state index in [1.165, 1.54) is 30.3 Å². The molecule has 3 nitrogen and oxygen atoms in total. The lowest BCUT2D eigenvalue weighted by Crippen LogP contribution is -2.22. The Labute approximate surface area is 129 Å². The lowest BCUT2D eigenvalue weighted by atomic mass is 10.2. The topological polar surface area (TPSA) is 41.1 Å². The van der Waals surface area contributed by atoms with Gasteiger partial charge in [-0.3, -0.25) is 4.79 Å². The van der Waals surface area contributed by atoms with Crippen LogP contribution in [0.5, 0.6) is 0 Å². The zero-order valence-corrected chi connectivity index (χ0v) is 12.8. The molecule has 2 aromatic rings. The standard InChI is InChI=1S/C15H13BrF2N2O/c1-9-6-12(16)13(18)7-14(9)19-8-15(21)20-11-4-2-10(17)3-5-11/h2-7,19H,8H2,1H3,(H,20,21). The summed E-state index contributed by atoms with van der Waals surface area (Å²) in [6, 6.07) is 8.42. The zero-order valence-electron chi connectivity index (χ0n) is 11.2. The molecule has 0 saturated heterocycles. The number of rotatable bonds is 4. The molecule has 0 aliphatic heterocycles. The van der Waals surface area contributed by atoms with Crippen molar-refractivity contribution in [2.24, 2.45) is 0 Å². The third kappa shape index (κ3) is 4.26. The van der Waals surface area contributed by atoms with Crippen LogP contribution in [0.3, 0.4) is 0 Å². The summed E-state index contributed by atoms with van der Waals surface area (Å²) in [5.41, 5.74) is 1.87. The van der Waals surface area contributed by atoms with Gasteiger partial charge in [0.1, 0.15) is 11.6 Å². The average Bonchev–Trinajstić information content (AvgIpc) is 2.44. The Morgan fingerprint density at radius 2 is 1.86 bits per heavy atom. The summed E-state index contributed by atoms with van der Waals surface area (Å²) >= 11 is 3.10. The van der Waals surface area contributed by atoms with E-state index < -0.39 is 5.82 Å². The average molecular weight is 355 g/mol. The van der Waals surface area contributed by atoms with Gasteiger partial charge in [0.25, 0.3) is 0 Å². The summed E-state index contributed by atoms with van der Waals surface area (Å²) in [7, 11) is 0. The molecule has 0 spiro atoms. The van der Waals surface area contributed by atoms with Crippen LogP contribution in [0, 0.1) is 18.6 Å². The minimum absolute atomic E-state index is 0.0146. The Morgan fingerprint density at radius 1 is 1.19 bits per heavy atom. The van der Waals surface area contributed by atoms with Crippen molar-refractivity contribution in [1.82, 2.24) is 0 Å². The molecule has 1 amide bonds. The predicted octanol–water partition coefficient (Wildman–Crippen LogP) is 4.09. The quantitative estimate of drug-likeness (QED) is 0.868. The minimum Gasteiger partial charge on any atom is -0.376 e. The Bertz CT molecular complexity index is 659. The van der Waals surface area contributed by atoms with Crippen molar-refractivity contribution in [3.8, 4) is 0 Å². The molecule has 2 aromatic carbocycles. The molecule has 0 saturated carbocycles. The highest BCUT2D eigenvalue weighted by Gasteiger charge is 2.07. The van der Waals surface area contributed by atoms with E-state index in [1.54, 1.807) is 6.07 Å². The van der Waals surface area contributed by atoms with Gasteiger partial charge in [-0.2, -0.15) is 0 Å². The maximum Gasteiger partial charge on any atom is 0.243 e. The molecule has 0 heterocycles. The number of carbonyl (C=O) groups is 1. The van der Waals surface area contributed by atoms with Crippen molar-refractivity contribution in [2.45, 2.75) is 6.92 Å². The van der Waals surface area contributed by atoms with E-state index in [2.05, 4.69) is 26.6 Å². The summed E-state index contributed by atoms with van der Waals surface area (Å²) < 4.78 is 26.6. The molecule has 0 bridgehead atoms. The molecular weight excluding hydrogens is 342 g/mol. The molecule has 110 valence electrons. The second-order valence-electron chi connectivity index (χ2n) is 4.49. The van der Waals surface area contributed by atoms with Gasteiger partial charge in [-0.25, -0.2) is 8.78 Å². The van der Waals surface area contributed by atoms with E-state index >= 15 is 0 Å². The van der Waals surface area contributed by atoms with Gasteiger partial charge in [-0.05, 0) is 64.8 Å². The molecule has 0 radical (unpaired) electrons. The maximum absolute atomic E-state index is 13.4. The smallest absolute Gasteiger partial charge is 0.243 e. The minimum atomic E-state index is -0.401. The highest BCUT2D eigenvalue weighted by atomic mass is 79.9. The Morgan fingerprint density at radius 3 is 2.52 bits per heavy atom. The molecule has 0 aliphatic carbocycles. The zero-order chi connectivity index (χ0) is 15.4. The highest BCUT2D eigenvalue weighted by Crippen LogP contribution is 2.23. The first-order valence-electron chi connectivity index (χ1n) is 6.20. The van der Waals surface area contributed by atoms with Gasteiger partial charge < -0.3 is 10.6 Å². The van der Waals surface area contributed by atoms with E-state index in [4.69, 9.17) is 0 Å².